The Morgan fingerprint density at radius 2 is 0.556 bits per heavy atom. The van der Waals surface area contributed by atoms with Crippen molar-refractivity contribution in [3.8, 4) is 23.0 Å². The minimum absolute atomic E-state index is 0. The minimum Gasteiger partial charge on any atom is -0.507 e. The number of hydrogen-bond acceptors (Lipinski definition) is 8. The molecule has 2 unspecified atom stereocenters. The number of aliphatic imine (C=N–C) groups is 4. The Balaban J connectivity index is -0.00000199. The maximum Gasteiger partial charge on any atom is 0.128 e. The van der Waals surface area contributed by atoms with Crippen LogP contribution in [0.4, 0.5) is 0 Å². The fraction of sp³-hybridized carbons (Fsp3) is 0.649. The van der Waals surface area contributed by atoms with E-state index in [0.29, 0.717) is 23.0 Å². The zero-order chi connectivity index (χ0) is 75.7. The first-order valence-corrected chi connectivity index (χ1v) is 50.0. The second-order valence-electron chi connectivity index (χ2n) is 38.3. The van der Waals surface area contributed by atoms with Crippen LogP contribution in [-0.2, 0) is 60.6 Å². The van der Waals surface area contributed by atoms with Crippen LogP contribution in [0.3, 0.4) is 0 Å². The molecule has 4 N–H and O–H groups in total. The smallest absolute Gasteiger partial charge is 0.128 e. The van der Waals surface area contributed by atoms with Gasteiger partial charge in [-0.15, -0.1) is 0 Å². The molecule has 4 aromatic rings. The number of aromatic hydroxyl groups is 4. The van der Waals surface area contributed by atoms with E-state index in [1.165, 1.54) is 141 Å². The summed E-state index contributed by atoms with van der Waals surface area (Å²) in [5, 5.41) is 50.4. The number of hydrogen-bond donors (Lipinski definition) is 4. The van der Waals surface area contributed by atoms with Crippen molar-refractivity contribution in [1.29, 1.82) is 0 Å². The molecule has 2 aliphatic carbocycles. The molecule has 0 amide bonds. The zero-order valence-corrected chi connectivity index (χ0v) is 80.4. The van der Waals surface area contributed by atoms with Gasteiger partial charge in [-0.1, -0.05) is 318 Å². The predicted molar refractivity (Wildman–Crippen MR) is 485 cm³/mol. The van der Waals surface area contributed by atoms with Gasteiger partial charge in [0.2, 0.25) is 0 Å². The van der Waals surface area contributed by atoms with E-state index in [1.54, 1.807) is 0 Å². The molecular weight excluding hydrogens is 1470 g/mol. The van der Waals surface area contributed by atoms with Crippen molar-refractivity contribution in [1.82, 2.24) is 0 Å². The standard InChI is InChI=1S/C51H89N3O2Si2.C38H60N2O2Si.5CH3.2Co/c1-15-19-28-54(29-20-16-2,30-21-17-3)31-25-33-58(13,14)43-35-41(49(56)45(37-43)51(8,9)10)39-53-47-27-24-23-26-46(47)52-38-40-34-42(57(11,12)32-22-18-4)36-44(48(40)55)50(5,6)7;1-13-14-19-43(11,12)29-21-27(35(42)31(23-29)38(8,9)10)25-40-33-18-16-15-17-32(33)39-24-26-20-28(36(2,3)4)22-30(34(26)41)37(5,6)7;;;;;;;/h34-39,46-47H,15-33H2,1-14H3,(H-,52,53,55,56);20-25,32-33,41-42H,13-19H2,1-12H3;5*1H3;;/q;;5*-1;;/p+1/t;32-,33-;;;;;;;/m.0......./s1. The van der Waals surface area contributed by atoms with Crippen molar-refractivity contribution < 1.29 is 58.5 Å². The summed E-state index contributed by atoms with van der Waals surface area (Å²) >= 11 is 0. The molecule has 2 aliphatic rings. The Kier molecular flexibility index (Phi) is 46.9. The van der Waals surface area contributed by atoms with Crippen LogP contribution in [0, 0.1) is 37.1 Å². The Labute approximate surface area is 692 Å². The Hall–Kier alpha value is -3.62. The third-order valence-electron chi connectivity index (χ3n) is 22.7. The molecule has 2 fully saturated rings. The normalized spacial score (nSPS) is 17.0. The molecule has 2 radical (unpaired) electrons. The second kappa shape index (κ2) is 46.7. The van der Waals surface area contributed by atoms with Crippen LogP contribution in [0.15, 0.2) is 68.5 Å². The van der Waals surface area contributed by atoms with Gasteiger partial charge < -0.3 is 62.0 Å². The second-order valence-corrected chi connectivity index (χ2v) is 52.8. The van der Waals surface area contributed by atoms with Crippen LogP contribution in [0.2, 0.25) is 57.4 Å². The van der Waals surface area contributed by atoms with Gasteiger partial charge in [-0.2, -0.15) is 0 Å². The van der Waals surface area contributed by atoms with Gasteiger partial charge in [-0.3, -0.25) is 20.0 Å². The number of phenolic OH excluding ortho intramolecular Hbond substituents is 4. The van der Waals surface area contributed by atoms with Crippen molar-refractivity contribution in [3.63, 3.8) is 0 Å². The molecule has 14 heteroatoms. The fourth-order valence-corrected chi connectivity index (χ4v) is 22.8. The third-order valence-corrected chi connectivity index (χ3v) is 33.1. The molecule has 6 rings (SSSR count). The maximum absolute atomic E-state index is 11.8. The largest absolute Gasteiger partial charge is 0.507 e. The quantitative estimate of drug-likeness (QED) is 0.0179. The minimum atomic E-state index is -1.85. The van der Waals surface area contributed by atoms with Crippen LogP contribution < -0.4 is 15.6 Å². The molecule has 9 nitrogen and oxygen atoms in total. The van der Waals surface area contributed by atoms with Gasteiger partial charge in [0.25, 0.3) is 0 Å². The number of quaternary nitrogens is 1. The molecule has 0 spiro atoms. The Morgan fingerprint density at radius 3 is 0.787 bits per heavy atom. The Bertz CT molecular complexity index is 3390. The van der Waals surface area contributed by atoms with Crippen LogP contribution in [-0.4, -0.2) is 124 Å². The van der Waals surface area contributed by atoms with E-state index in [9.17, 15) is 20.4 Å². The van der Waals surface area contributed by atoms with Crippen LogP contribution in [0.1, 0.15) is 311 Å². The number of nitrogens with zero attached hydrogens (tertiary/aromatic N) is 5. The van der Waals surface area contributed by atoms with Gasteiger partial charge in [0.15, 0.2) is 0 Å². The molecule has 108 heavy (non-hydrogen) atoms. The van der Waals surface area contributed by atoms with Gasteiger partial charge in [-0.25, -0.2) is 0 Å². The van der Waals surface area contributed by atoms with E-state index < -0.39 is 24.2 Å². The fourth-order valence-electron chi connectivity index (χ4n) is 15.2. The van der Waals surface area contributed by atoms with Crippen LogP contribution in [0.25, 0.3) is 0 Å². The summed E-state index contributed by atoms with van der Waals surface area (Å²) in [6, 6.07) is 21.8. The molecule has 0 aromatic heterocycles. The number of unbranched alkanes of at least 4 members (excludes halogenated alkanes) is 5. The number of rotatable bonds is 30. The molecule has 0 saturated heterocycles. The first-order chi connectivity index (χ1) is 46.9. The molecule has 4 atom stereocenters. The monoisotopic (exact) mass is 1630 g/mol. The molecule has 4 aromatic carbocycles. The SMILES string of the molecule is CCCC[N+](CCCC)(CCCC)CCC[Si](C)(C)c1cc(C=NC2CCCCC2N=Cc2cc([Si](C)(C)CCCC)cc(C(C)(C)C)c2O)c(O)c(C(C)(C)C)c1.CCCC[Si](C)(C)c1cc(C=N[C@H]2CCCC[C@@H]2N=Cc2cc(C(C)(C)C)cc(C(C)(C)C)c2O)c(O)c(C(C)(C)C)c1.[CH3-].[CH3-].[CH3-].[CH3-].[CH3-].[Co].[Co]. The van der Waals surface area contributed by atoms with Crippen molar-refractivity contribution in [2.45, 2.75) is 369 Å². The zero-order valence-electron chi connectivity index (χ0n) is 75.3. The van der Waals surface area contributed by atoms with Crippen LogP contribution in [0.5, 0.6) is 23.0 Å². The Morgan fingerprint density at radius 1 is 0.333 bits per heavy atom. The predicted octanol–water partition coefficient (Wildman–Crippen LogP) is 24.6. The van der Waals surface area contributed by atoms with Gasteiger partial charge in [0.05, 0.1) is 74.6 Å². The summed E-state index contributed by atoms with van der Waals surface area (Å²) in [5.41, 5.74) is 7.78. The maximum atomic E-state index is 11.8. The first kappa shape index (κ1) is 109. The van der Waals surface area contributed by atoms with Gasteiger partial charge >= 0.3 is 0 Å². The summed E-state index contributed by atoms with van der Waals surface area (Å²) in [4.78, 5) is 20.7. The summed E-state index contributed by atoms with van der Waals surface area (Å²) in [5.74, 6) is 1.43. The molecule has 0 bridgehead atoms. The van der Waals surface area contributed by atoms with E-state index in [2.05, 4.69) is 226 Å². The topological polar surface area (TPSA) is 130 Å². The van der Waals surface area contributed by atoms with Gasteiger partial charge in [0, 0.05) is 86.2 Å². The van der Waals surface area contributed by atoms with Gasteiger partial charge in [-0.05, 0) is 113 Å². The average Bonchev–Trinajstić information content (AvgIpc) is 0.797. The average molecular weight is 1630 g/mol. The number of phenols is 4. The third kappa shape index (κ3) is 31.3. The summed E-state index contributed by atoms with van der Waals surface area (Å²) in [6.07, 6.45) is 30.1. The summed E-state index contributed by atoms with van der Waals surface area (Å²) in [6.45, 7) is 64.6. The van der Waals surface area contributed by atoms with E-state index >= 15 is 0 Å². The molecule has 2 saturated carbocycles. The molecule has 0 heterocycles. The van der Waals surface area contributed by atoms with E-state index in [-0.39, 0.29) is 122 Å². The van der Waals surface area contributed by atoms with Crippen molar-refractivity contribution in [3.05, 3.63) is 136 Å². The summed E-state index contributed by atoms with van der Waals surface area (Å²) in [7, 11) is -5.19. The van der Waals surface area contributed by atoms with E-state index in [1.807, 2.05) is 24.9 Å². The molecule has 0 aliphatic heterocycles. The van der Waals surface area contributed by atoms with E-state index in [0.717, 1.165) is 95.9 Å². The first-order valence-electron chi connectivity index (χ1n) is 40.4. The van der Waals surface area contributed by atoms with Crippen molar-refractivity contribution in [2.75, 3.05) is 26.2 Å². The molecular formula is C94H165Co2N5O4Si3-4. The van der Waals surface area contributed by atoms with Crippen LogP contribution >= 0.6 is 0 Å². The molecule has 624 valence electrons. The number of benzene rings is 4. The van der Waals surface area contributed by atoms with Crippen molar-refractivity contribution in [2.24, 2.45) is 20.0 Å². The van der Waals surface area contributed by atoms with Gasteiger partial charge in [0.1, 0.15) is 23.0 Å². The van der Waals surface area contributed by atoms with Crippen molar-refractivity contribution >= 4 is 64.6 Å². The van der Waals surface area contributed by atoms with E-state index in [4.69, 9.17) is 20.0 Å². The summed E-state index contributed by atoms with van der Waals surface area (Å²) < 4.78 is 1.30.